The summed E-state index contributed by atoms with van der Waals surface area (Å²) in [6, 6.07) is 6.99. The first-order valence-corrected chi connectivity index (χ1v) is 12.7. The summed E-state index contributed by atoms with van der Waals surface area (Å²) in [5, 5.41) is 13.2. The van der Waals surface area contributed by atoms with Crippen LogP contribution < -0.4 is 0 Å². The van der Waals surface area contributed by atoms with E-state index in [0.717, 1.165) is 11.1 Å². The molecule has 8 heteroatoms. The minimum absolute atomic E-state index is 0.0560. The van der Waals surface area contributed by atoms with Crippen molar-refractivity contribution in [3.8, 4) is 0 Å². The van der Waals surface area contributed by atoms with Crippen LogP contribution >= 0.6 is 11.3 Å². The Hall–Kier alpha value is -3.13. The quantitative estimate of drug-likeness (QED) is 0.490. The molecule has 7 nitrogen and oxygen atoms in total. The number of carbonyl (C=O) groups is 2. The number of hydrogen-bond donors (Lipinski definition) is 1. The number of carbonyl (C=O) groups excluding carboxylic acids is 1. The van der Waals surface area contributed by atoms with Crippen molar-refractivity contribution >= 4 is 23.2 Å². The second kappa shape index (κ2) is 9.49. The summed E-state index contributed by atoms with van der Waals surface area (Å²) in [7, 11) is 0. The minimum atomic E-state index is -1.38. The maximum absolute atomic E-state index is 14.2. The molecule has 3 atom stereocenters. The van der Waals surface area contributed by atoms with E-state index in [1.165, 1.54) is 17.7 Å². The van der Waals surface area contributed by atoms with E-state index in [1.54, 1.807) is 23.5 Å². The van der Waals surface area contributed by atoms with Crippen LogP contribution in [0.5, 0.6) is 0 Å². The number of aromatic nitrogens is 3. The van der Waals surface area contributed by atoms with E-state index >= 15 is 0 Å². The third-order valence-electron chi connectivity index (χ3n) is 6.75. The molecule has 1 aliphatic rings. The number of carboxylic acids is 1. The number of nitrogens with zero attached hydrogens (tertiary/aromatic N) is 4. The lowest BCUT2D eigenvalue weighted by Crippen LogP contribution is -2.54. The lowest BCUT2D eigenvalue weighted by molar-refractivity contribution is -0.150. The third kappa shape index (κ3) is 4.72. The van der Waals surface area contributed by atoms with Gasteiger partial charge in [0.2, 0.25) is 0 Å². The average molecular weight is 493 g/mol. The molecule has 0 radical (unpaired) electrons. The Balaban J connectivity index is 1.89. The van der Waals surface area contributed by atoms with Crippen LogP contribution in [0.3, 0.4) is 0 Å². The molecule has 35 heavy (non-hydrogen) atoms. The summed E-state index contributed by atoms with van der Waals surface area (Å²) in [5.41, 5.74) is 0.946. The van der Waals surface area contributed by atoms with Crippen molar-refractivity contribution in [1.29, 1.82) is 0 Å². The lowest BCUT2D eigenvalue weighted by Gasteiger charge is -2.38. The van der Waals surface area contributed by atoms with Gasteiger partial charge in [0.1, 0.15) is 16.9 Å². The zero-order valence-corrected chi connectivity index (χ0v) is 21.6. The second-order valence-electron chi connectivity index (χ2n) is 10.7. The fraction of sp³-hybridized carbons (Fsp3) is 0.444. The number of thiazole rings is 1. The third-order valence-corrected chi connectivity index (χ3v) is 7.60. The Kier molecular flexibility index (Phi) is 6.77. The SMILES string of the molecule is CC(C)C[C@@]1(C(=O)O)C[C@@H](c2cncnc2)[C@H](c2nccs2)N1C(=O)c1ccc(C(C)(C)C)cc1. The second-order valence-corrected chi connectivity index (χ2v) is 11.7. The number of benzene rings is 1. The molecular formula is C27H32N4O3S. The van der Waals surface area contributed by atoms with Gasteiger partial charge in [0.05, 0.1) is 6.04 Å². The van der Waals surface area contributed by atoms with Gasteiger partial charge in [-0.1, -0.05) is 46.8 Å². The van der Waals surface area contributed by atoms with Crippen molar-refractivity contribution in [3.05, 3.63) is 76.3 Å². The molecule has 2 aromatic heterocycles. The van der Waals surface area contributed by atoms with Crippen LogP contribution in [0.2, 0.25) is 0 Å². The molecule has 1 fully saturated rings. The van der Waals surface area contributed by atoms with Crippen LogP contribution in [0.1, 0.15) is 85.9 Å². The highest BCUT2D eigenvalue weighted by molar-refractivity contribution is 7.09. The van der Waals surface area contributed by atoms with E-state index in [-0.39, 0.29) is 29.6 Å². The molecule has 0 bridgehead atoms. The standard InChI is InChI=1S/C27H32N4O3S/c1-17(2)12-27(25(33)34)13-21(19-14-28-16-29-15-19)22(23-30-10-11-35-23)31(27)24(32)18-6-8-20(9-7-18)26(3,4)5/h6-11,14-17,21-22H,12-13H2,1-5H3,(H,33,34)/t21-,22+,27-/m0/s1. The molecule has 0 unspecified atom stereocenters. The first-order valence-electron chi connectivity index (χ1n) is 11.9. The summed E-state index contributed by atoms with van der Waals surface area (Å²) in [6.07, 6.45) is 7.18. The van der Waals surface area contributed by atoms with Gasteiger partial charge < -0.3 is 10.0 Å². The van der Waals surface area contributed by atoms with E-state index < -0.39 is 17.6 Å². The Morgan fingerprint density at radius 3 is 2.34 bits per heavy atom. The van der Waals surface area contributed by atoms with Gasteiger partial charge in [-0.2, -0.15) is 0 Å². The highest BCUT2D eigenvalue weighted by Crippen LogP contribution is 2.54. The normalized spacial score (nSPS) is 22.5. The Morgan fingerprint density at radius 1 is 1.17 bits per heavy atom. The topological polar surface area (TPSA) is 96.3 Å². The molecule has 0 saturated carbocycles. The van der Waals surface area contributed by atoms with E-state index in [1.807, 2.05) is 43.5 Å². The zero-order valence-electron chi connectivity index (χ0n) is 20.8. The molecule has 1 aliphatic heterocycles. The predicted octanol–water partition coefficient (Wildman–Crippen LogP) is 5.47. The number of rotatable bonds is 6. The summed E-state index contributed by atoms with van der Waals surface area (Å²) in [6.45, 7) is 10.3. The molecule has 1 aromatic carbocycles. The van der Waals surface area contributed by atoms with Gasteiger partial charge in [0.15, 0.2) is 0 Å². The number of amides is 1. The fourth-order valence-corrected chi connectivity index (χ4v) is 5.98. The summed E-state index contributed by atoms with van der Waals surface area (Å²) in [5.74, 6) is -1.53. The van der Waals surface area contributed by atoms with Gasteiger partial charge in [-0.3, -0.25) is 4.79 Å². The van der Waals surface area contributed by atoms with E-state index in [9.17, 15) is 14.7 Å². The van der Waals surface area contributed by atoms with Crippen LogP contribution in [0.15, 0.2) is 54.6 Å². The molecule has 184 valence electrons. The Labute approximate surface area is 210 Å². The van der Waals surface area contributed by atoms with Crippen molar-refractivity contribution in [2.45, 2.75) is 70.4 Å². The molecule has 4 rings (SSSR count). The molecule has 3 aromatic rings. The highest BCUT2D eigenvalue weighted by atomic mass is 32.1. The van der Waals surface area contributed by atoms with Gasteiger partial charge in [-0.05, 0) is 47.4 Å². The van der Waals surface area contributed by atoms with Crippen molar-refractivity contribution in [1.82, 2.24) is 19.9 Å². The number of aliphatic carboxylic acids is 1. The van der Waals surface area contributed by atoms with Crippen LogP contribution in [-0.2, 0) is 10.2 Å². The summed E-state index contributed by atoms with van der Waals surface area (Å²) in [4.78, 5) is 41.7. The molecule has 3 heterocycles. The van der Waals surface area contributed by atoms with Crippen LogP contribution in [0.4, 0.5) is 0 Å². The Morgan fingerprint density at radius 2 is 1.83 bits per heavy atom. The first kappa shape index (κ1) is 25.0. The summed E-state index contributed by atoms with van der Waals surface area (Å²) < 4.78 is 0. The molecule has 0 aliphatic carbocycles. The molecule has 0 spiro atoms. The maximum atomic E-state index is 14.2. The molecule has 1 amide bonds. The fourth-order valence-electron chi connectivity index (χ4n) is 5.19. The van der Waals surface area contributed by atoms with Gasteiger partial charge in [0, 0.05) is 35.5 Å². The van der Waals surface area contributed by atoms with E-state index in [4.69, 9.17) is 0 Å². The Bertz CT molecular complexity index is 1170. The first-order chi connectivity index (χ1) is 16.5. The van der Waals surface area contributed by atoms with Crippen LogP contribution in [0, 0.1) is 5.92 Å². The lowest BCUT2D eigenvalue weighted by atomic mass is 9.82. The molecule has 1 saturated heterocycles. The zero-order chi connectivity index (χ0) is 25.4. The molecule has 1 N–H and O–H groups in total. The van der Waals surface area contributed by atoms with Crippen molar-refractivity contribution in [2.24, 2.45) is 5.92 Å². The van der Waals surface area contributed by atoms with Crippen molar-refractivity contribution < 1.29 is 14.7 Å². The van der Waals surface area contributed by atoms with Gasteiger partial charge >= 0.3 is 5.97 Å². The van der Waals surface area contributed by atoms with Crippen molar-refractivity contribution in [3.63, 3.8) is 0 Å². The van der Waals surface area contributed by atoms with Gasteiger partial charge in [-0.25, -0.2) is 19.7 Å². The predicted molar refractivity (Wildman–Crippen MR) is 135 cm³/mol. The van der Waals surface area contributed by atoms with Crippen LogP contribution in [-0.4, -0.2) is 42.4 Å². The molecular weight excluding hydrogens is 460 g/mol. The monoisotopic (exact) mass is 492 g/mol. The minimum Gasteiger partial charge on any atom is -0.479 e. The number of hydrogen-bond acceptors (Lipinski definition) is 6. The van der Waals surface area contributed by atoms with Gasteiger partial charge in [-0.15, -0.1) is 11.3 Å². The smallest absolute Gasteiger partial charge is 0.329 e. The average Bonchev–Trinajstić information content (AvgIpc) is 3.45. The van der Waals surface area contributed by atoms with Crippen molar-refractivity contribution in [2.75, 3.05) is 0 Å². The van der Waals surface area contributed by atoms with E-state index in [0.29, 0.717) is 17.0 Å². The van der Waals surface area contributed by atoms with Gasteiger partial charge in [0.25, 0.3) is 5.91 Å². The number of likely N-dealkylation sites (tertiary alicyclic amines) is 1. The summed E-state index contributed by atoms with van der Waals surface area (Å²) >= 11 is 1.43. The van der Waals surface area contributed by atoms with E-state index in [2.05, 4.69) is 35.7 Å². The van der Waals surface area contributed by atoms with Crippen LogP contribution in [0.25, 0.3) is 0 Å². The highest BCUT2D eigenvalue weighted by Gasteiger charge is 2.60. The largest absolute Gasteiger partial charge is 0.479 e. The number of carboxylic acid groups (broad SMARTS) is 1. The maximum Gasteiger partial charge on any atom is 0.329 e.